The summed E-state index contributed by atoms with van der Waals surface area (Å²) in [5.41, 5.74) is 4.05. The lowest BCUT2D eigenvalue weighted by molar-refractivity contribution is -0.115. The number of thioether (sulfide) groups is 1. The third-order valence-corrected chi connectivity index (χ3v) is 5.62. The zero-order valence-corrected chi connectivity index (χ0v) is 16.7. The minimum absolute atomic E-state index is 0.146. The number of nitrogens with zero attached hydrogens (tertiary/aromatic N) is 2. The second-order valence-corrected chi connectivity index (χ2v) is 8.10. The molecule has 1 unspecified atom stereocenters. The van der Waals surface area contributed by atoms with Gasteiger partial charge in [0.2, 0.25) is 11.8 Å². The molecule has 0 aliphatic heterocycles. The molecule has 28 heavy (non-hydrogen) atoms. The lowest BCUT2D eigenvalue weighted by Crippen LogP contribution is -2.23. The lowest BCUT2D eigenvalue weighted by Gasteiger charge is -2.18. The number of anilines is 2. The molecule has 1 heterocycles. The highest BCUT2D eigenvalue weighted by molar-refractivity contribution is 8.00. The van der Waals surface area contributed by atoms with Crippen molar-refractivity contribution >= 4 is 35.0 Å². The zero-order valence-electron chi connectivity index (χ0n) is 15.9. The van der Waals surface area contributed by atoms with Crippen molar-refractivity contribution in [2.75, 3.05) is 10.6 Å². The molecule has 1 aliphatic rings. The minimum atomic E-state index is -0.406. The highest BCUT2D eigenvalue weighted by Gasteiger charge is 2.20. The Morgan fingerprint density at radius 2 is 1.79 bits per heavy atom. The molecule has 6 nitrogen and oxygen atoms in total. The molecule has 0 saturated heterocycles. The van der Waals surface area contributed by atoms with E-state index >= 15 is 0 Å². The predicted molar refractivity (Wildman–Crippen MR) is 110 cm³/mol. The van der Waals surface area contributed by atoms with Gasteiger partial charge in [-0.3, -0.25) is 9.59 Å². The van der Waals surface area contributed by atoms with Crippen LogP contribution in [0.15, 0.2) is 35.4 Å². The highest BCUT2D eigenvalue weighted by Crippen LogP contribution is 2.30. The fraction of sp³-hybridized carbons (Fsp3) is 0.333. The number of pyridine rings is 1. The van der Waals surface area contributed by atoms with E-state index < -0.39 is 5.25 Å². The van der Waals surface area contributed by atoms with Gasteiger partial charge in [0.05, 0.1) is 10.8 Å². The molecule has 1 atom stereocenters. The fourth-order valence-corrected chi connectivity index (χ4v) is 3.98. The number of benzene rings is 1. The smallest absolute Gasteiger partial charge is 0.237 e. The van der Waals surface area contributed by atoms with Crippen molar-refractivity contribution in [2.24, 2.45) is 0 Å². The Labute approximate surface area is 168 Å². The summed E-state index contributed by atoms with van der Waals surface area (Å²) in [4.78, 5) is 28.3. The molecule has 0 saturated carbocycles. The molecular weight excluding hydrogens is 372 g/mol. The summed E-state index contributed by atoms with van der Waals surface area (Å²) in [6, 6.07) is 11.1. The van der Waals surface area contributed by atoms with Crippen molar-refractivity contribution in [1.82, 2.24) is 4.98 Å². The standard InChI is InChI=1S/C21H22N4O2S/c1-13(20(27)24-18-9-7-17(8-10-18)23-14(2)26)28-21-16(12-22)11-15-5-3-4-6-19(15)25-21/h7-11,13H,3-6H2,1-2H3,(H,23,26)(H,24,27). The fourth-order valence-electron chi connectivity index (χ4n) is 3.09. The number of fused-ring (bicyclic) bond motifs is 1. The normalized spacial score (nSPS) is 13.8. The van der Waals surface area contributed by atoms with Gasteiger partial charge in [0.25, 0.3) is 0 Å². The van der Waals surface area contributed by atoms with E-state index in [2.05, 4.69) is 21.7 Å². The summed E-state index contributed by atoms with van der Waals surface area (Å²) in [7, 11) is 0. The van der Waals surface area contributed by atoms with Crippen LogP contribution in [0.4, 0.5) is 11.4 Å². The Kier molecular flexibility index (Phi) is 6.32. The van der Waals surface area contributed by atoms with Crippen molar-refractivity contribution in [2.45, 2.75) is 49.8 Å². The van der Waals surface area contributed by atoms with E-state index in [0.29, 0.717) is 22.0 Å². The number of carbonyl (C=O) groups is 2. The first kappa shape index (κ1) is 19.9. The van der Waals surface area contributed by atoms with Crippen molar-refractivity contribution in [3.05, 3.63) is 47.2 Å². The molecule has 2 aromatic rings. The molecule has 0 spiro atoms. The van der Waals surface area contributed by atoms with Gasteiger partial charge in [0, 0.05) is 24.0 Å². The van der Waals surface area contributed by atoms with Gasteiger partial charge >= 0.3 is 0 Å². The topological polar surface area (TPSA) is 94.9 Å². The van der Waals surface area contributed by atoms with Gasteiger partial charge in [-0.25, -0.2) is 4.98 Å². The number of nitriles is 1. The first-order valence-corrected chi connectivity index (χ1v) is 10.1. The second-order valence-electron chi connectivity index (χ2n) is 6.77. The third-order valence-electron chi connectivity index (χ3n) is 4.52. The van der Waals surface area contributed by atoms with Crippen LogP contribution in [0.2, 0.25) is 0 Å². The van der Waals surface area contributed by atoms with E-state index in [9.17, 15) is 14.9 Å². The molecule has 7 heteroatoms. The molecule has 0 bridgehead atoms. The van der Waals surface area contributed by atoms with Gasteiger partial charge in [-0.2, -0.15) is 5.26 Å². The largest absolute Gasteiger partial charge is 0.326 e. The van der Waals surface area contributed by atoms with Gasteiger partial charge in [-0.1, -0.05) is 11.8 Å². The molecule has 0 radical (unpaired) electrons. The molecule has 1 aromatic heterocycles. The molecule has 144 valence electrons. The van der Waals surface area contributed by atoms with Crippen LogP contribution in [0.5, 0.6) is 0 Å². The summed E-state index contributed by atoms with van der Waals surface area (Å²) >= 11 is 1.30. The summed E-state index contributed by atoms with van der Waals surface area (Å²) in [6.45, 7) is 3.24. The average molecular weight is 395 g/mol. The van der Waals surface area contributed by atoms with Crippen LogP contribution in [0, 0.1) is 11.3 Å². The van der Waals surface area contributed by atoms with E-state index in [4.69, 9.17) is 0 Å². The van der Waals surface area contributed by atoms with Crippen LogP contribution in [0.3, 0.4) is 0 Å². The molecule has 2 N–H and O–H groups in total. The lowest BCUT2D eigenvalue weighted by atomic mass is 9.95. The first-order chi connectivity index (χ1) is 13.5. The number of nitrogens with one attached hydrogen (secondary N) is 2. The summed E-state index contributed by atoms with van der Waals surface area (Å²) in [5, 5.41) is 15.2. The number of aryl methyl sites for hydroxylation is 2. The molecule has 2 amide bonds. The minimum Gasteiger partial charge on any atom is -0.326 e. The predicted octanol–water partition coefficient (Wildman–Crippen LogP) is 3.91. The number of amides is 2. The van der Waals surface area contributed by atoms with Crippen LogP contribution in [-0.4, -0.2) is 22.0 Å². The van der Waals surface area contributed by atoms with Crippen molar-refractivity contribution < 1.29 is 9.59 Å². The van der Waals surface area contributed by atoms with Crippen LogP contribution in [0.25, 0.3) is 0 Å². The maximum Gasteiger partial charge on any atom is 0.237 e. The Morgan fingerprint density at radius 3 is 2.43 bits per heavy atom. The molecular formula is C21H22N4O2S. The Balaban J connectivity index is 1.67. The molecule has 1 aliphatic carbocycles. The zero-order chi connectivity index (χ0) is 20.1. The number of carbonyl (C=O) groups excluding carboxylic acids is 2. The van der Waals surface area contributed by atoms with Crippen LogP contribution >= 0.6 is 11.8 Å². The average Bonchev–Trinajstić information content (AvgIpc) is 2.68. The van der Waals surface area contributed by atoms with Gasteiger partial charge < -0.3 is 10.6 Å². The van der Waals surface area contributed by atoms with E-state index in [1.165, 1.54) is 18.7 Å². The van der Waals surface area contributed by atoms with Gasteiger partial charge in [0.1, 0.15) is 11.1 Å². The summed E-state index contributed by atoms with van der Waals surface area (Å²) in [5.74, 6) is -0.312. The maximum absolute atomic E-state index is 12.6. The maximum atomic E-state index is 12.6. The number of hydrogen-bond donors (Lipinski definition) is 2. The monoisotopic (exact) mass is 394 g/mol. The molecule has 3 rings (SSSR count). The highest BCUT2D eigenvalue weighted by atomic mass is 32.2. The first-order valence-electron chi connectivity index (χ1n) is 9.24. The number of hydrogen-bond acceptors (Lipinski definition) is 5. The number of rotatable bonds is 5. The van der Waals surface area contributed by atoms with Crippen molar-refractivity contribution in [3.8, 4) is 6.07 Å². The van der Waals surface area contributed by atoms with E-state index in [1.54, 1.807) is 31.2 Å². The van der Waals surface area contributed by atoms with E-state index in [0.717, 1.165) is 36.9 Å². The quantitative estimate of drug-likeness (QED) is 0.750. The van der Waals surface area contributed by atoms with Crippen LogP contribution in [0.1, 0.15) is 43.5 Å². The molecule has 0 fully saturated rings. The van der Waals surface area contributed by atoms with Crippen LogP contribution < -0.4 is 10.6 Å². The SMILES string of the molecule is CC(=O)Nc1ccc(NC(=O)C(C)Sc2nc3c(cc2C#N)CCCC3)cc1. The number of aromatic nitrogens is 1. The van der Waals surface area contributed by atoms with Gasteiger partial charge in [-0.05, 0) is 68.5 Å². The molecule has 1 aromatic carbocycles. The Morgan fingerprint density at radius 1 is 1.14 bits per heavy atom. The Hall–Kier alpha value is -2.85. The third kappa shape index (κ3) is 4.90. The summed E-state index contributed by atoms with van der Waals surface area (Å²) in [6.07, 6.45) is 4.13. The Bertz CT molecular complexity index is 935. The van der Waals surface area contributed by atoms with E-state index in [1.807, 2.05) is 6.07 Å². The van der Waals surface area contributed by atoms with Crippen molar-refractivity contribution in [1.29, 1.82) is 5.26 Å². The summed E-state index contributed by atoms with van der Waals surface area (Å²) < 4.78 is 0. The van der Waals surface area contributed by atoms with E-state index in [-0.39, 0.29) is 11.8 Å². The van der Waals surface area contributed by atoms with Crippen LogP contribution in [-0.2, 0) is 22.4 Å². The van der Waals surface area contributed by atoms with Gasteiger partial charge in [-0.15, -0.1) is 0 Å². The second kappa shape index (κ2) is 8.89. The van der Waals surface area contributed by atoms with Gasteiger partial charge in [0.15, 0.2) is 0 Å². The van der Waals surface area contributed by atoms with Crippen molar-refractivity contribution in [3.63, 3.8) is 0 Å².